The summed E-state index contributed by atoms with van der Waals surface area (Å²) in [6.07, 6.45) is 1.02. The maximum atomic E-state index is 5.60. The molecule has 1 aromatic rings. The first-order valence-electron chi connectivity index (χ1n) is 4.90. The molecule has 1 N–H and O–H groups in total. The molecule has 4 heteroatoms. The molecule has 0 radical (unpaired) electrons. The molecule has 3 nitrogen and oxygen atoms in total. The summed E-state index contributed by atoms with van der Waals surface area (Å²) in [4.78, 5) is 0. The van der Waals surface area contributed by atoms with Crippen LogP contribution in [-0.2, 0) is 0 Å². The molecule has 0 spiro atoms. The molecule has 0 bridgehead atoms. The van der Waals surface area contributed by atoms with E-state index in [9.17, 15) is 0 Å². The number of para-hydroxylation sites is 2. The topological polar surface area (TPSA) is 24.5 Å². The predicted octanol–water partition coefficient (Wildman–Crippen LogP) is 2.79. The minimum absolute atomic E-state index is 0. The van der Waals surface area contributed by atoms with Crippen molar-refractivity contribution in [2.45, 2.75) is 13.3 Å². The van der Waals surface area contributed by atoms with E-state index in [0.717, 1.165) is 24.5 Å². The molecule has 0 amide bonds. The van der Waals surface area contributed by atoms with Gasteiger partial charge in [-0.1, -0.05) is 19.1 Å². The highest BCUT2D eigenvalue weighted by atomic mass is 35.5. The van der Waals surface area contributed by atoms with Gasteiger partial charge in [0.2, 0.25) is 0 Å². The van der Waals surface area contributed by atoms with Crippen molar-refractivity contribution in [3.05, 3.63) is 24.3 Å². The summed E-state index contributed by atoms with van der Waals surface area (Å²) in [7, 11) is 3.91. The Morgan fingerprint density at radius 2 is 1.93 bits per heavy atom. The van der Waals surface area contributed by atoms with Crippen LogP contribution < -0.4 is 10.2 Å². The monoisotopic (exact) mass is 230 g/mol. The van der Waals surface area contributed by atoms with Gasteiger partial charge in [0, 0.05) is 14.1 Å². The van der Waals surface area contributed by atoms with Crippen molar-refractivity contribution in [2.24, 2.45) is 0 Å². The average Bonchev–Trinajstić information content (AvgIpc) is 2.16. The number of nitrogens with zero attached hydrogens (tertiary/aromatic N) is 1. The van der Waals surface area contributed by atoms with Crippen LogP contribution in [0.5, 0.6) is 5.75 Å². The molecular weight excluding hydrogens is 212 g/mol. The van der Waals surface area contributed by atoms with Crippen LogP contribution in [0.1, 0.15) is 13.3 Å². The number of rotatable bonds is 5. The van der Waals surface area contributed by atoms with Crippen LogP contribution >= 0.6 is 12.4 Å². The molecule has 0 saturated carbocycles. The van der Waals surface area contributed by atoms with Gasteiger partial charge in [0.15, 0.2) is 0 Å². The van der Waals surface area contributed by atoms with Gasteiger partial charge in [-0.15, -0.1) is 12.4 Å². The maximum absolute atomic E-state index is 5.60. The van der Waals surface area contributed by atoms with Crippen LogP contribution in [0.15, 0.2) is 24.3 Å². The van der Waals surface area contributed by atoms with E-state index in [0.29, 0.717) is 0 Å². The maximum Gasteiger partial charge on any atom is 0.143 e. The number of hydrogen-bond acceptors (Lipinski definition) is 3. The Kier molecular flexibility index (Phi) is 6.92. The van der Waals surface area contributed by atoms with Crippen LogP contribution in [-0.4, -0.2) is 25.7 Å². The van der Waals surface area contributed by atoms with Crippen LogP contribution in [0, 0.1) is 0 Å². The molecule has 0 saturated heterocycles. The van der Waals surface area contributed by atoms with E-state index in [1.54, 1.807) is 0 Å². The molecule has 0 aliphatic rings. The number of ether oxygens (including phenoxy) is 1. The first-order valence-corrected chi connectivity index (χ1v) is 4.90. The summed E-state index contributed by atoms with van der Waals surface area (Å²) in [5.41, 5.74) is 4.20. The van der Waals surface area contributed by atoms with E-state index in [-0.39, 0.29) is 12.4 Å². The third kappa shape index (κ3) is 4.91. The molecule has 0 aromatic heterocycles. The Hall–Kier alpha value is -0.930. The van der Waals surface area contributed by atoms with Crippen molar-refractivity contribution < 1.29 is 4.74 Å². The lowest BCUT2D eigenvalue weighted by Crippen LogP contribution is -2.20. The van der Waals surface area contributed by atoms with E-state index in [1.807, 2.05) is 43.4 Å². The second-order valence-corrected chi connectivity index (χ2v) is 3.35. The Labute approximate surface area is 97.8 Å². The van der Waals surface area contributed by atoms with Crippen LogP contribution in [0.2, 0.25) is 0 Å². The van der Waals surface area contributed by atoms with Crippen molar-refractivity contribution in [1.82, 2.24) is 5.01 Å². The van der Waals surface area contributed by atoms with Gasteiger partial charge in [-0.2, -0.15) is 0 Å². The quantitative estimate of drug-likeness (QED) is 0.788. The zero-order valence-corrected chi connectivity index (χ0v) is 10.3. The van der Waals surface area contributed by atoms with Gasteiger partial charge in [0.25, 0.3) is 0 Å². The SMILES string of the molecule is CCCOc1ccccc1NN(C)C.Cl. The summed E-state index contributed by atoms with van der Waals surface area (Å²) >= 11 is 0. The van der Waals surface area contributed by atoms with E-state index in [4.69, 9.17) is 4.74 Å². The molecule has 1 aromatic carbocycles. The summed E-state index contributed by atoms with van der Waals surface area (Å²) in [5.74, 6) is 0.906. The molecule has 1 rings (SSSR count). The van der Waals surface area contributed by atoms with Gasteiger partial charge in [-0.25, -0.2) is 5.01 Å². The standard InChI is InChI=1S/C11H18N2O.ClH/c1-4-9-14-11-8-6-5-7-10(11)12-13(2)3;/h5-8,12H,4,9H2,1-3H3;1H. The highest BCUT2D eigenvalue weighted by molar-refractivity contribution is 5.85. The van der Waals surface area contributed by atoms with Crippen molar-refractivity contribution in [1.29, 1.82) is 0 Å². The van der Waals surface area contributed by atoms with E-state index < -0.39 is 0 Å². The lowest BCUT2D eigenvalue weighted by molar-refractivity contribution is 0.317. The number of benzene rings is 1. The van der Waals surface area contributed by atoms with E-state index in [2.05, 4.69) is 12.3 Å². The molecule has 0 aliphatic heterocycles. The van der Waals surface area contributed by atoms with Gasteiger partial charge in [-0.05, 0) is 18.6 Å². The van der Waals surface area contributed by atoms with Crippen molar-refractivity contribution >= 4 is 18.1 Å². The molecule has 15 heavy (non-hydrogen) atoms. The Bertz CT molecular complexity index is 279. The first kappa shape index (κ1) is 14.1. The highest BCUT2D eigenvalue weighted by Crippen LogP contribution is 2.23. The Morgan fingerprint density at radius 3 is 2.53 bits per heavy atom. The molecule has 86 valence electrons. The summed E-state index contributed by atoms with van der Waals surface area (Å²) in [6, 6.07) is 7.95. The average molecular weight is 231 g/mol. The van der Waals surface area contributed by atoms with Gasteiger partial charge >= 0.3 is 0 Å². The fourth-order valence-corrected chi connectivity index (χ4v) is 1.14. The number of hydrogen-bond donors (Lipinski definition) is 1. The molecule has 0 unspecified atom stereocenters. The first-order chi connectivity index (χ1) is 6.74. The Balaban J connectivity index is 0.00000196. The number of nitrogens with one attached hydrogen (secondary N) is 1. The fourth-order valence-electron chi connectivity index (χ4n) is 1.14. The second-order valence-electron chi connectivity index (χ2n) is 3.35. The number of anilines is 1. The van der Waals surface area contributed by atoms with Crippen molar-refractivity contribution in [3.63, 3.8) is 0 Å². The molecular formula is C11H19ClN2O. The van der Waals surface area contributed by atoms with Crippen molar-refractivity contribution in [2.75, 3.05) is 26.1 Å². The minimum Gasteiger partial charge on any atom is -0.491 e. The molecule has 0 fully saturated rings. The van der Waals surface area contributed by atoms with Crippen LogP contribution in [0.3, 0.4) is 0 Å². The van der Waals surface area contributed by atoms with Gasteiger partial charge in [-0.3, -0.25) is 0 Å². The number of hydrazine groups is 1. The van der Waals surface area contributed by atoms with Crippen LogP contribution in [0.4, 0.5) is 5.69 Å². The largest absolute Gasteiger partial charge is 0.491 e. The molecule has 0 heterocycles. The highest BCUT2D eigenvalue weighted by Gasteiger charge is 2.01. The molecule has 0 aliphatic carbocycles. The Morgan fingerprint density at radius 1 is 1.27 bits per heavy atom. The zero-order valence-electron chi connectivity index (χ0n) is 9.49. The molecule has 0 atom stereocenters. The smallest absolute Gasteiger partial charge is 0.143 e. The van der Waals surface area contributed by atoms with E-state index in [1.165, 1.54) is 0 Å². The minimum atomic E-state index is 0. The summed E-state index contributed by atoms with van der Waals surface area (Å²) < 4.78 is 5.60. The number of halogens is 1. The normalized spacial score (nSPS) is 9.60. The third-order valence-corrected chi connectivity index (χ3v) is 1.69. The lowest BCUT2D eigenvalue weighted by atomic mass is 10.3. The van der Waals surface area contributed by atoms with Gasteiger partial charge < -0.3 is 10.2 Å². The van der Waals surface area contributed by atoms with E-state index >= 15 is 0 Å². The van der Waals surface area contributed by atoms with Crippen molar-refractivity contribution in [3.8, 4) is 5.75 Å². The predicted molar refractivity (Wildman–Crippen MR) is 66.8 cm³/mol. The zero-order chi connectivity index (χ0) is 10.4. The van der Waals surface area contributed by atoms with Crippen LogP contribution in [0.25, 0.3) is 0 Å². The third-order valence-electron chi connectivity index (χ3n) is 1.69. The fraction of sp³-hybridized carbons (Fsp3) is 0.455. The van der Waals surface area contributed by atoms with Gasteiger partial charge in [0.05, 0.1) is 12.3 Å². The summed E-state index contributed by atoms with van der Waals surface area (Å²) in [5, 5.41) is 1.90. The second kappa shape index (κ2) is 7.37. The van der Waals surface area contributed by atoms with Gasteiger partial charge in [0.1, 0.15) is 5.75 Å². The summed E-state index contributed by atoms with van der Waals surface area (Å²) in [6.45, 7) is 2.86. The lowest BCUT2D eigenvalue weighted by Gasteiger charge is -2.16.